The first-order valence-corrected chi connectivity index (χ1v) is 7.41. The van der Waals surface area contributed by atoms with E-state index in [0.717, 1.165) is 11.3 Å². The van der Waals surface area contributed by atoms with Gasteiger partial charge in [-0.15, -0.1) is 6.58 Å². The molecule has 0 spiro atoms. The maximum atomic E-state index is 12.2. The van der Waals surface area contributed by atoms with E-state index in [-0.39, 0.29) is 18.4 Å². The highest BCUT2D eigenvalue weighted by molar-refractivity contribution is 5.78. The Bertz CT molecular complexity index is 662. The van der Waals surface area contributed by atoms with E-state index in [1.165, 1.54) is 0 Å². The lowest BCUT2D eigenvalue weighted by atomic mass is 10.2. The van der Waals surface area contributed by atoms with E-state index in [9.17, 15) is 4.79 Å². The highest BCUT2D eigenvalue weighted by Gasteiger charge is 2.19. The van der Waals surface area contributed by atoms with Crippen molar-refractivity contribution in [2.24, 2.45) is 5.92 Å². The van der Waals surface area contributed by atoms with Crippen LogP contribution in [0, 0.1) is 5.92 Å². The van der Waals surface area contributed by atoms with Crippen LogP contribution in [0.15, 0.2) is 41.4 Å². The number of benzene rings is 1. The summed E-state index contributed by atoms with van der Waals surface area (Å²) >= 11 is 0. The Morgan fingerprint density at radius 1 is 1.39 bits per heavy atom. The molecule has 1 aromatic carbocycles. The van der Waals surface area contributed by atoms with Crippen LogP contribution in [0.3, 0.4) is 0 Å². The van der Waals surface area contributed by atoms with Crippen LogP contribution in [-0.2, 0) is 11.3 Å². The molecule has 2 aromatic rings. The summed E-state index contributed by atoms with van der Waals surface area (Å²) in [5.41, 5.74) is 0.825. The predicted octanol–water partition coefficient (Wildman–Crippen LogP) is 2.92. The largest absolute Gasteiger partial charge is 0.497 e. The molecular weight excluding hydrogens is 294 g/mol. The molecule has 6 nitrogen and oxygen atoms in total. The molecule has 0 saturated carbocycles. The summed E-state index contributed by atoms with van der Waals surface area (Å²) in [7, 11) is 1.61. The SMILES string of the molecule is C=CCN(Cc1nc(-c2ccc(OC)cc2)no1)C(=O)C(C)C. The summed E-state index contributed by atoms with van der Waals surface area (Å²) in [4.78, 5) is 18.2. The van der Waals surface area contributed by atoms with Crippen LogP contribution in [0.25, 0.3) is 11.4 Å². The smallest absolute Gasteiger partial charge is 0.246 e. The van der Waals surface area contributed by atoms with Crippen molar-refractivity contribution in [3.05, 3.63) is 42.8 Å². The van der Waals surface area contributed by atoms with Crippen molar-refractivity contribution in [3.63, 3.8) is 0 Å². The van der Waals surface area contributed by atoms with E-state index in [0.29, 0.717) is 18.3 Å². The van der Waals surface area contributed by atoms with E-state index < -0.39 is 0 Å². The van der Waals surface area contributed by atoms with E-state index in [4.69, 9.17) is 9.26 Å². The lowest BCUT2D eigenvalue weighted by Gasteiger charge is -2.21. The van der Waals surface area contributed by atoms with Crippen LogP contribution >= 0.6 is 0 Å². The molecule has 0 atom stereocenters. The molecule has 0 unspecified atom stereocenters. The zero-order chi connectivity index (χ0) is 16.8. The monoisotopic (exact) mass is 315 g/mol. The number of methoxy groups -OCH3 is 1. The molecule has 0 bridgehead atoms. The van der Waals surface area contributed by atoms with Gasteiger partial charge in [-0.1, -0.05) is 25.1 Å². The fourth-order valence-corrected chi connectivity index (χ4v) is 2.09. The van der Waals surface area contributed by atoms with Gasteiger partial charge in [0, 0.05) is 18.0 Å². The second kappa shape index (κ2) is 7.58. The quantitative estimate of drug-likeness (QED) is 0.735. The van der Waals surface area contributed by atoms with Crippen molar-refractivity contribution < 1.29 is 14.1 Å². The molecule has 0 N–H and O–H groups in total. The topological polar surface area (TPSA) is 68.5 Å². The Labute approximate surface area is 135 Å². The van der Waals surface area contributed by atoms with Crippen LogP contribution in [0.5, 0.6) is 5.75 Å². The highest BCUT2D eigenvalue weighted by atomic mass is 16.5. The summed E-state index contributed by atoms with van der Waals surface area (Å²) in [5.74, 6) is 1.56. The standard InChI is InChI=1S/C17H21N3O3/c1-5-10-20(17(21)12(2)3)11-15-18-16(19-23-15)13-6-8-14(22-4)9-7-13/h5-9,12H,1,10-11H2,2-4H3. The van der Waals surface area contributed by atoms with Gasteiger partial charge in [-0.25, -0.2) is 0 Å². The number of hydrogen-bond donors (Lipinski definition) is 0. The van der Waals surface area contributed by atoms with E-state index >= 15 is 0 Å². The number of rotatable bonds is 7. The molecule has 2 rings (SSSR count). The number of carbonyl (C=O) groups is 1. The minimum Gasteiger partial charge on any atom is -0.497 e. The fraction of sp³-hybridized carbons (Fsp3) is 0.353. The van der Waals surface area contributed by atoms with Crippen molar-refractivity contribution in [1.82, 2.24) is 15.0 Å². The molecule has 0 radical (unpaired) electrons. The third kappa shape index (κ3) is 4.18. The van der Waals surface area contributed by atoms with E-state index in [1.54, 1.807) is 18.1 Å². The highest BCUT2D eigenvalue weighted by Crippen LogP contribution is 2.20. The van der Waals surface area contributed by atoms with Crippen LogP contribution in [0.2, 0.25) is 0 Å². The molecule has 6 heteroatoms. The predicted molar refractivity (Wildman–Crippen MR) is 86.7 cm³/mol. The van der Waals surface area contributed by atoms with Crippen molar-refractivity contribution in [2.45, 2.75) is 20.4 Å². The molecule has 1 heterocycles. The number of carbonyl (C=O) groups excluding carboxylic acids is 1. The minimum absolute atomic E-state index is 0.0223. The maximum absolute atomic E-state index is 12.2. The zero-order valence-corrected chi connectivity index (χ0v) is 13.7. The molecule has 0 saturated heterocycles. The van der Waals surface area contributed by atoms with Gasteiger partial charge in [0.2, 0.25) is 17.6 Å². The summed E-state index contributed by atoms with van der Waals surface area (Å²) in [6, 6.07) is 7.37. The van der Waals surface area contributed by atoms with Gasteiger partial charge < -0.3 is 14.2 Å². The number of hydrogen-bond acceptors (Lipinski definition) is 5. The Kier molecular flexibility index (Phi) is 5.51. The Morgan fingerprint density at radius 2 is 2.09 bits per heavy atom. The van der Waals surface area contributed by atoms with Crippen molar-refractivity contribution >= 4 is 5.91 Å². The summed E-state index contributed by atoms with van der Waals surface area (Å²) in [6.07, 6.45) is 1.68. The molecule has 0 aliphatic heterocycles. The van der Waals surface area contributed by atoms with Crippen molar-refractivity contribution in [2.75, 3.05) is 13.7 Å². The Morgan fingerprint density at radius 3 is 2.65 bits per heavy atom. The first-order valence-electron chi connectivity index (χ1n) is 7.41. The van der Waals surface area contributed by atoms with E-state index in [2.05, 4.69) is 16.7 Å². The van der Waals surface area contributed by atoms with Crippen LogP contribution in [-0.4, -0.2) is 34.6 Å². The van der Waals surface area contributed by atoms with Crippen molar-refractivity contribution in [1.29, 1.82) is 0 Å². The van der Waals surface area contributed by atoms with Crippen LogP contribution < -0.4 is 4.74 Å². The third-order valence-corrected chi connectivity index (χ3v) is 3.30. The fourth-order valence-electron chi connectivity index (χ4n) is 2.09. The first-order chi connectivity index (χ1) is 11.0. The number of aromatic nitrogens is 2. The second-order valence-corrected chi connectivity index (χ2v) is 5.40. The van der Waals surface area contributed by atoms with Gasteiger partial charge in [0.05, 0.1) is 7.11 Å². The third-order valence-electron chi connectivity index (χ3n) is 3.30. The summed E-state index contributed by atoms with van der Waals surface area (Å²) in [5, 5.41) is 3.97. The lowest BCUT2D eigenvalue weighted by molar-refractivity contribution is -0.134. The van der Waals surface area contributed by atoms with Gasteiger partial charge in [-0.05, 0) is 24.3 Å². The normalized spacial score (nSPS) is 10.6. The summed E-state index contributed by atoms with van der Waals surface area (Å²) < 4.78 is 10.4. The average Bonchev–Trinajstić information content (AvgIpc) is 3.02. The molecule has 23 heavy (non-hydrogen) atoms. The molecule has 0 fully saturated rings. The van der Waals surface area contributed by atoms with Gasteiger partial charge in [-0.3, -0.25) is 4.79 Å². The van der Waals surface area contributed by atoms with Gasteiger partial charge in [0.1, 0.15) is 12.3 Å². The van der Waals surface area contributed by atoms with Crippen molar-refractivity contribution in [3.8, 4) is 17.1 Å². The van der Waals surface area contributed by atoms with Gasteiger partial charge in [0.15, 0.2) is 0 Å². The number of ether oxygens (including phenoxy) is 1. The number of nitrogens with zero attached hydrogens (tertiary/aromatic N) is 3. The van der Waals surface area contributed by atoms with E-state index in [1.807, 2.05) is 38.1 Å². The Hall–Kier alpha value is -2.63. The molecular formula is C17H21N3O3. The second-order valence-electron chi connectivity index (χ2n) is 5.40. The minimum atomic E-state index is -0.0982. The Balaban J connectivity index is 2.13. The number of amides is 1. The average molecular weight is 315 g/mol. The summed E-state index contributed by atoms with van der Waals surface area (Å²) in [6.45, 7) is 8.10. The van der Waals surface area contributed by atoms with Crippen LogP contribution in [0.4, 0.5) is 0 Å². The van der Waals surface area contributed by atoms with Gasteiger partial charge >= 0.3 is 0 Å². The molecule has 1 aromatic heterocycles. The lowest BCUT2D eigenvalue weighted by Crippen LogP contribution is -2.34. The molecule has 1 amide bonds. The zero-order valence-electron chi connectivity index (χ0n) is 13.7. The van der Waals surface area contributed by atoms with Gasteiger partial charge in [0.25, 0.3) is 0 Å². The van der Waals surface area contributed by atoms with Gasteiger partial charge in [-0.2, -0.15) is 4.98 Å². The maximum Gasteiger partial charge on any atom is 0.246 e. The first kappa shape index (κ1) is 16.7. The molecule has 0 aliphatic rings. The molecule has 122 valence electrons. The van der Waals surface area contributed by atoms with Crippen LogP contribution in [0.1, 0.15) is 19.7 Å². The molecule has 0 aliphatic carbocycles.